The molecule has 0 saturated carbocycles. The number of nitrogens with one attached hydrogen (secondary N) is 2. The van der Waals surface area contributed by atoms with E-state index < -0.39 is 0 Å². The number of hydrogen-bond donors (Lipinski definition) is 2. The second-order valence-corrected chi connectivity index (χ2v) is 6.75. The lowest BCUT2D eigenvalue weighted by Crippen LogP contribution is -2.16. The van der Waals surface area contributed by atoms with E-state index in [-0.39, 0.29) is 0 Å². The largest absolute Gasteiger partial charge is 0.365 e. The monoisotopic (exact) mass is 338 g/mol. The highest BCUT2D eigenvalue weighted by atomic mass is 32.1. The van der Waals surface area contributed by atoms with Gasteiger partial charge >= 0.3 is 0 Å². The van der Waals surface area contributed by atoms with Crippen LogP contribution in [0.3, 0.4) is 0 Å². The van der Waals surface area contributed by atoms with Gasteiger partial charge in [0, 0.05) is 22.5 Å². The van der Waals surface area contributed by atoms with Crippen molar-refractivity contribution < 1.29 is 0 Å². The maximum atomic E-state index is 4.68. The minimum atomic E-state index is 0.334. The molecule has 0 spiro atoms. The first-order valence-corrected chi connectivity index (χ1v) is 9.10. The molecule has 0 aliphatic heterocycles. The molecule has 2 aromatic heterocycles. The number of rotatable bonds is 7. The van der Waals surface area contributed by atoms with Gasteiger partial charge in [0.25, 0.3) is 0 Å². The van der Waals surface area contributed by atoms with Crippen LogP contribution in [-0.2, 0) is 6.54 Å². The van der Waals surface area contributed by atoms with Gasteiger partial charge in [-0.05, 0) is 24.8 Å². The molecule has 124 valence electrons. The minimum Gasteiger partial charge on any atom is -0.365 e. The molecule has 3 aromatic rings. The molecule has 0 amide bonds. The minimum absolute atomic E-state index is 0.334. The third-order valence-corrected chi connectivity index (χ3v) is 4.68. The summed E-state index contributed by atoms with van der Waals surface area (Å²) < 4.78 is 0. The Kier molecular flexibility index (Phi) is 5.43. The Morgan fingerprint density at radius 3 is 2.62 bits per heavy atom. The van der Waals surface area contributed by atoms with Crippen LogP contribution in [0.4, 0.5) is 11.8 Å². The van der Waals surface area contributed by atoms with E-state index in [1.165, 1.54) is 4.88 Å². The smallest absolute Gasteiger partial charge is 0.225 e. The lowest BCUT2D eigenvalue weighted by Gasteiger charge is -2.14. The van der Waals surface area contributed by atoms with Crippen LogP contribution in [0.25, 0.3) is 11.3 Å². The first-order chi connectivity index (χ1) is 11.7. The number of nitrogens with zero attached hydrogens (tertiary/aromatic N) is 2. The molecule has 0 aliphatic carbocycles. The van der Waals surface area contributed by atoms with Crippen LogP contribution in [0.1, 0.15) is 25.1 Å². The Morgan fingerprint density at radius 2 is 1.92 bits per heavy atom. The average molecular weight is 338 g/mol. The summed E-state index contributed by atoms with van der Waals surface area (Å²) in [6.45, 7) is 5.05. The lowest BCUT2D eigenvalue weighted by atomic mass is 10.1. The first-order valence-electron chi connectivity index (χ1n) is 8.22. The standard InChI is InChI=1S/C19H22N4S/c1-3-14(2)21-19-22-17(15-8-5-4-6-9-15)12-18(23-19)20-13-16-10-7-11-24-16/h4-12,14H,3,13H2,1-2H3,(H2,20,21,22,23)/t14-/m0/s1. The highest BCUT2D eigenvalue weighted by molar-refractivity contribution is 7.09. The van der Waals surface area contributed by atoms with Gasteiger partial charge in [-0.1, -0.05) is 43.3 Å². The van der Waals surface area contributed by atoms with Gasteiger partial charge in [0.1, 0.15) is 5.82 Å². The molecule has 0 unspecified atom stereocenters. The molecule has 24 heavy (non-hydrogen) atoms. The van der Waals surface area contributed by atoms with Gasteiger partial charge in [-0.15, -0.1) is 11.3 Å². The highest BCUT2D eigenvalue weighted by Crippen LogP contribution is 2.22. The molecule has 2 heterocycles. The Hall–Kier alpha value is -2.40. The summed E-state index contributed by atoms with van der Waals surface area (Å²) in [5.74, 6) is 1.50. The molecule has 1 atom stereocenters. The van der Waals surface area contributed by atoms with E-state index in [4.69, 9.17) is 0 Å². The molecule has 4 nitrogen and oxygen atoms in total. The molecule has 2 N–H and O–H groups in total. The van der Waals surface area contributed by atoms with E-state index in [1.807, 2.05) is 24.3 Å². The molecular weight excluding hydrogens is 316 g/mol. The number of aromatic nitrogens is 2. The topological polar surface area (TPSA) is 49.8 Å². The van der Waals surface area contributed by atoms with Crippen molar-refractivity contribution in [2.75, 3.05) is 10.6 Å². The van der Waals surface area contributed by atoms with Crippen LogP contribution in [0, 0.1) is 0 Å². The summed E-state index contributed by atoms with van der Waals surface area (Å²) in [5, 5.41) is 8.87. The predicted molar refractivity (Wildman–Crippen MR) is 102 cm³/mol. The molecule has 0 radical (unpaired) electrons. The van der Waals surface area contributed by atoms with E-state index in [1.54, 1.807) is 11.3 Å². The number of hydrogen-bond acceptors (Lipinski definition) is 5. The van der Waals surface area contributed by atoms with Gasteiger partial charge in [0.15, 0.2) is 0 Å². The fourth-order valence-electron chi connectivity index (χ4n) is 2.27. The third-order valence-electron chi connectivity index (χ3n) is 3.81. The Morgan fingerprint density at radius 1 is 1.08 bits per heavy atom. The summed E-state index contributed by atoms with van der Waals surface area (Å²) in [5.41, 5.74) is 2.01. The van der Waals surface area contributed by atoms with Crippen LogP contribution < -0.4 is 10.6 Å². The fourth-order valence-corrected chi connectivity index (χ4v) is 2.92. The van der Waals surface area contributed by atoms with Gasteiger partial charge < -0.3 is 10.6 Å². The molecule has 5 heteroatoms. The summed E-state index contributed by atoms with van der Waals surface area (Å²) in [6, 6.07) is 16.7. The Bertz CT molecular complexity index is 756. The Labute approximate surface area is 147 Å². The second-order valence-electron chi connectivity index (χ2n) is 5.71. The van der Waals surface area contributed by atoms with E-state index in [0.29, 0.717) is 12.0 Å². The predicted octanol–water partition coefficient (Wildman–Crippen LogP) is 5.03. The fraction of sp³-hybridized carbons (Fsp3) is 0.263. The molecule has 0 bridgehead atoms. The van der Waals surface area contributed by atoms with Crippen LogP contribution in [0.15, 0.2) is 53.9 Å². The van der Waals surface area contributed by atoms with Crippen molar-refractivity contribution in [2.24, 2.45) is 0 Å². The van der Waals surface area contributed by atoms with E-state index in [2.05, 4.69) is 64.1 Å². The van der Waals surface area contributed by atoms with E-state index in [9.17, 15) is 0 Å². The van der Waals surface area contributed by atoms with Crippen molar-refractivity contribution in [1.82, 2.24) is 9.97 Å². The zero-order chi connectivity index (χ0) is 16.8. The lowest BCUT2D eigenvalue weighted by molar-refractivity contribution is 0.753. The number of anilines is 2. The zero-order valence-corrected chi connectivity index (χ0v) is 14.8. The van der Waals surface area contributed by atoms with Crippen molar-refractivity contribution in [2.45, 2.75) is 32.9 Å². The Balaban J connectivity index is 1.87. The molecular formula is C19H22N4S. The van der Waals surface area contributed by atoms with Gasteiger partial charge in [-0.25, -0.2) is 4.98 Å². The number of thiophene rings is 1. The molecule has 3 rings (SSSR count). The van der Waals surface area contributed by atoms with Crippen molar-refractivity contribution in [3.8, 4) is 11.3 Å². The van der Waals surface area contributed by atoms with Crippen LogP contribution >= 0.6 is 11.3 Å². The van der Waals surface area contributed by atoms with Crippen molar-refractivity contribution >= 4 is 23.1 Å². The first kappa shape index (κ1) is 16.5. The average Bonchev–Trinajstić information content (AvgIpc) is 3.14. The van der Waals surface area contributed by atoms with Crippen LogP contribution in [-0.4, -0.2) is 16.0 Å². The van der Waals surface area contributed by atoms with Gasteiger partial charge in [-0.3, -0.25) is 0 Å². The summed E-state index contributed by atoms with van der Waals surface area (Å²) >= 11 is 1.74. The highest BCUT2D eigenvalue weighted by Gasteiger charge is 2.09. The van der Waals surface area contributed by atoms with Crippen LogP contribution in [0.2, 0.25) is 0 Å². The SMILES string of the molecule is CC[C@H](C)Nc1nc(NCc2cccs2)cc(-c2ccccc2)n1. The molecule has 1 aromatic carbocycles. The van der Waals surface area contributed by atoms with Crippen LogP contribution in [0.5, 0.6) is 0 Å². The summed E-state index contributed by atoms with van der Waals surface area (Å²) in [7, 11) is 0. The maximum Gasteiger partial charge on any atom is 0.225 e. The zero-order valence-electron chi connectivity index (χ0n) is 14.0. The molecule has 0 fully saturated rings. The van der Waals surface area contributed by atoms with Crippen molar-refractivity contribution in [1.29, 1.82) is 0 Å². The van der Waals surface area contributed by atoms with E-state index >= 15 is 0 Å². The summed E-state index contributed by atoms with van der Waals surface area (Å²) in [4.78, 5) is 10.6. The van der Waals surface area contributed by atoms with Crippen molar-refractivity contribution in [3.63, 3.8) is 0 Å². The van der Waals surface area contributed by atoms with Crippen molar-refractivity contribution in [3.05, 3.63) is 58.8 Å². The second kappa shape index (κ2) is 7.93. The van der Waals surface area contributed by atoms with Gasteiger partial charge in [0.2, 0.25) is 5.95 Å². The molecule has 0 aliphatic rings. The third kappa shape index (κ3) is 4.32. The number of benzene rings is 1. The maximum absolute atomic E-state index is 4.68. The molecule has 0 saturated heterocycles. The quantitative estimate of drug-likeness (QED) is 0.634. The van der Waals surface area contributed by atoms with Gasteiger partial charge in [-0.2, -0.15) is 4.98 Å². The normalized spacial score (nSPS) is 11.9. The van der Waals surface area contributed by atoms with Gasteiger partial charge in [0.05, 0.1) is 12.2 Å². The summed E-state index contributed by atoms with van der Waals surface area (Å²) in [6.07, 6.45) is 1.02. The van der Waals surface area contributed by atoms with E-state index in [0.717, 1.165) is 30.0 Å².